The van der Waals surface area contributed by atoms with Gasteiger partial charge >= 0.3 is 0 Å². The highest BCUT2D eigenvalue weighted by atomic mass is 35.5. The topological polar surface area (TPSA) is 35.6 Å². The SMILES string of the molecule is CCCN(Cc1cccc2c1NCC2)C1CCN(C(=O)c2ccccc2)CC1.Cl. The molecule has 2 aromatic rings. The van der Waals surface area contributed by atoms with Crippen LogP contribution in [0, 0.1) is 0 Å². The monoisotopic (exact) mass is 413 g/mol. The molecule has 2 aromatic carbocycles. The Morgan fingerprint density at radius 1 is 1.10 bits per heavy atom. The number of halogens is 1. The maximum Gasteiger partial charge on any atom is 0.253 e. The molecular formula is C24H32ClN3O. The van der Waals surface area contributed by atoms with E-state index in [1.165, 1.54) is 16.8 Å². The van der Waals surface area contributed by atoms with E-state index in [1.54, 1.807) is 0 Å². The molecule has 5 heteroatoms. The third-order valence-electron chi connectivity index (χ3n) is 6.11. The van der Waals surface area contributed by atoms with Gasteiger partial charge < -0.3 is 10.2 Å². The number of amides is 1. The summed E-state index contributed by atoms with van der Waals surface area (Å²) in [4.78, 5) is 17.4. The molecule has 1 amide bonds. The summed E-state index contributed by atoms with van der Waals surface area (Å²) in [5, 5.41) is 3.58. The summed E-state index contributed by atoms with van der Waals surface area (Å²) in [6.45, 7) is 7.13. The number of likely N-dealkylation sites (tertiary alicyclic amines) is 1. The van der Waals surface area contributed by atoms with E-state index >= 15 is 0 Å². The molecule has 2 aliphatic rings. The minimum Gasteiger partial charge on any atom is -0.384 e. The lowest BCUT2D eigenvalue weighted by molar-refractivity contribution is 0.0607. The van der Waals surface area contributed by atoms with Crippen molar-refractivity contribution in [3.8, 4) is 0 Å². The molecule has 0 aromatic heterocycles. The Morgan fingerprint density at radius 2 is 1.86 bits per heavy atom. The van der Waals surface area contributed by atoms with Crippen LogP contribution >= 0.6 is 12.4 Å². The van der Waals surface area contributed by atoms with Crippen molar-refractivity contribution in [1.29, 1.82) is 0 Å². The molecule has 2 heterocycles. The Balaban J connectivity index is 0.00000240. The van der Waals surface area contributed by atoms with Crippen LogP contribution in [0.3, 0.4) is 0 Å². The first-order valence-electron chi connectivity index (χ1n) is 10.7. The van der Waals surface area contributed by atoms with E-state index in [-0.39, 0.29) is 18.3 Å². The molecule has 4 nitrogen and oxygen atoms in total. The third kappa shape index (κ3) is 4.93. The van der Waals surface area contributed by atoms with Gasteiger partial charge in [0.25, 0.3) is 5.91 Å². The quantitative estimate of drug-likeness (QED) is 0.752. The average molecular weight is 414 g/mol. The number of nitrogens with one attached hydrogen (secondary N) is 1. The highest BCUT2D eigenvalue weighted by Gasteiger charge is 2.28. The first-order chi connectivity index (χ1) is 13.8. The zero-order chi connectivity index (χ0) is 19.3. The molecule has 0 saturated carbocycles. The highest BCUT2D eigenvalue weighted by molar-refractivity contribution is 5.94. The Kier molecular flexibility index (Phi) is 7.57. The lowest BCUT2D eigenvalue weighted by atomic mass is 10.00. The number of hydrogen-bond acceptors (Lipinski definition) is 3. The van der Waals surface area contributed by atoms with E-state index in [2.05, 4.69) is 35.3 Å². The van der Waals surface area contributed by atoms with E-state index in [9.17, 15) is 4.79 Å². The number of carbonyl (C=O) groups is 1. The van der Waals surface area contributed by atoms with Crippen LogP contribution in [-0.4, -0.2) is 47.9 Å². The zero-order valence-corrected chi connectivity index (χ0v) is 18.1. The Labute approximate surface area is 180 Å². The fourth-order valence-electron chi connectivity index (χ4n) is 4.64. The van der Waals surface area contributed by atoms with Crippen molar-refractivity contribution in [1.82, 2.24) is 9.80 Å². The largest absolute Gasteiger partial charge is 0.384 e. The van der Waals surface area contributed by atoms with Gasteiger partial charge in [-0.3, -0.25) is 9.69 Å². The highest BCUT2D eigenvalue weighted by Crippen LogP contribution is 2.29. The number of para-hydroxylation sites is 1. The molecule has 0 radical (unpaired) electrons. The first kappa shape index (κ1) is 21.7. The maximum absolute atomic E-state index is 12.7. The van der Waals surface area contributed by atoms with Crippen molar-refractivity contribution >= 4 is 24.0 Å². The van der Waals surface area contributed by atoms with Gasteiger partial charge in [0.1, 0.15) is 0 Å². The predicted octanol–water partition coefficient (Wildman–Crippen LogP) is 4.59. The number of rotatable bonds is 6. The van der Waals surface area contributed by atoms with Crippen molar-refractivity contribution in [3.63, 3.8) is 0 Å². The van der Waals surface area contributed by atoms with E-state index in [4.69, 9.17) is 0 Å². The summed E-state index contributed by atoms with van der Waals surface area (Å²) in [7, 11) is 0. The summed E-state index contributed by atoms with van der Waals surface area (Å²) in [5.41, 5.74) is 5.04. The van der Waals surface area contributed by atoms with Gasteiger partial charge in [-0.25, -0.2) is 0 Å². The Bertz CT molecular complexity index is 803. The van der Waals surface area contributed by atoms with Crippen LogP contribution in [0.25, 0.3) is 0 Å². The second-order valence-corrected chi connectivity index (χ2v) is 7.99. The summed E-state index contributed by atoms with van der Waals surface area (Å²) >= 11 is 0. The summed E-state index contributed by atoms with van der Waals surface area (Å²) in [6, 6.07) is 16.9. The van der Waals surface area contributed by atoms with Gasteiger partial charge in [-0.05, 0) is 55.5 Å². The summed E-state index contributed by atoms with van der Waals surface area (Å²) < 4.78 is 0. The van der Waals surface area contributed by atoms with Crippen LogP contribution in [0.2, 0.25) is 0 Å². The molecule has 0 atom stereocenters. The standard InChI is InChI=1S/C24H31N3O.ClH/c1-2-15-27(18-21-10-6-9-19-11-14-25-23(19)21)22-12-16-26(17-13-22)24(28)20-7-4-3-5-8-20;/h3-10,22,25H,2,11-18H2,1H3;1H. The molecule has 1 fully saturated rings. The van der Waals surface area contributed by atoms with E-state index in [0.717, 1.165) is 64.0 Å². The molecule has 0 aliphatic carbocycles. The normalized spacial score (nSPS) is 16.3. The molecule has 0 spiro atoms. The van der Waals surface area contributed by atoms with Crippen LogP contribution in [0.15, 0.2) is 48.5 Å². The van der Waals surface area contributed by atoms with E-state index in [0.29, 0.717) is 6.04 Å². The van der Waals surface area contributed by atoms with Crippen LogP contribution in [-0.2, 0) is 13.0 Å². The molecule has 156 valence electrons. The molecule has 2 aliphatic heterocycles. The number of piperidine rings is 1. The van der Waals surface area contributed by atoms with Crippen LogP contribution < -0.4 is 5.32 Å². The van der Waals surface area contributed by atoms with Crippen LogP contribution in [0.1, 0.15) is 47.7 Å². The minimum absolute atomic E-state index is 0. The van der Waals surface area contributed by atoms with Crippen LogP contribution in [0.5, 0.6) is 0 Å². The zero-order valence-electron chi connectivity index (χ0n) is 17.3. The van der Waals surface area contributed by atoms with Gasteiger partial charge in [0.15, 0.2) is 0 Å². The molecule has 4 rings (SSSR count). The van der Waals surface area contributed by atoms with Gasteiger partial charge in [0.2, 0.25) is 0 Å². The van der Waals surface area contributed by atoms with Crippen molar-refractivity contribution in [3.05, 3.63) is 65.2 Å². The molecule has 1 N–H and O–H groups in total. The Hall–Kier alpha value is -2.04. The average Bonchev–Trinajstić information content (AvgIpc) is 3.24. The van der Waals surface area contributed by atoms with Gasteiger partial charge in [-0.2, -0.15) is 0 Å². The van der Waals surface area contributed by atoms with Crippen molar-refractivity contribution in [2.45, 2.75) is 45.2 Å². The number of anilines is 1. The molecule has 0 unspecified atom stereocenters. The lowest BCUT2D eigenvalue weighted by Gasteiger charge is -2.39. The second kappa shape index (κ2) is 10.1. The summed E-state index contributed by atoms with van der Waals surface area (Å²) in [6.07, 6.45) is 4.41. The molecule has 29 heavy (non-hydrogen) atoms. The summed E-state index contributed by atoms with van der Waals surface area (Å²) in [5.74, 6) is 0.172. The number of benzene rings is 2. The molecule has 0 bridgehead atoms. The third-order valence-corrected chi connectivity index (χ3v) is 6.11. The Morgan fingerprint density at radius 3 is 2.59 bits per heavy atom. The van der Waals surface area contributed by atoms with E-state index < -0.39 is 0 Å². The van der Waals surface area contributed by atoms with Gasteiger partial charge in [0.05, 0.1) is 0 Å². The fourth-order valence-corrected chi connectivity index (χ4v) is 4.64. The molecular weight excluding hydrogens is 382 g/mol. The van der Waals surface area contributed by atoms with E-state index in [1.807, 2.05) is 35.2 Å². The second-order valence-electron chi connectivity index (χ2n) is 7.99. The van der Waals surface area contributed by atoms with Gasteiger partial charge in [-0.15, -0.1) is 12.4 Å². The van der Waals surface area contributed by atoms with Gasteiger partial charge in [-0.1, -0.05) is 43.3 Å². The number of hydrogen-bond donors (Lipinski definition) is 1. The fraction of sp³-hybridized carbons (Fsp3) is 0.458. The van der Waals surface area contributed by atoms with Crippen molar-refractivity contribution in [2.24, 2.45) is 0 Å². The number of fused-ring (bicyclic) bond motifs is 1. The molecule has 1 saturated heterocycles. The van der Waals surface area contributed by atoms with Gasteiger partial charge in [0, 0.05) is 43.5 Å². The smallest absolute Gasteiger partial charge is 0.253 e. The number of nitrogens with zero attached hydrogens (tertiary/aromatic N) is 2. The predicted molar refractivity (Wildman–Crippen MR) is 122 cm³/mol. The lowest BCUT2D eigenvalue weighted by Crippen LogP contribution is -2.46. The van der Waals surface area contributed by atoms with Crippen molar-refractivity contribution < 1.29 is 4.79 Å². The van der Waals surface area contributed by atoms with Crippen molar-refractivity contribution in [2.75, 3.05) is 31.5 Å². The number of carbonyl (C=O) groups excluding carboxylic acids is 1. The first-order valence-corrected chi connectivity index (χ1v) is 10.7. The van der Waals surface area contributed by atoms with Crippen LogP contribution in [0.4, 0.5) is 5.69 Å². The minimum atomic E-state index is 0. The maximum atomic E-state index is 12.7.